The SMILES string of the molecule is COc1cccc(C(=O)CSc2ccc(NC(=O)CC(C)(C)C)cc2)c1. The molecule has 2 aromatic carbocycles. The normalized spacial score (nSPS) is 11.1. The molecule has 0 saturated carbocycles. The van der Waals surface area contributed by atoms with Crippen molar-refractivity contribution >= 4 is 29.1 Å². The maximum Gasteiger partial charge on any atom is 0.224 e. The molecule has 0 fully saturated rings. The Hall–Kier alpha value is -2.27. The fourth-order valence-corrected chi connectivity index (χ4v) is 3.14. The lowest BCUT2D eigenvalue weighted by molar-refractivity contribution is -0.117. The van der Waals surface area contributed by atoms with Crippen LogP contribution in [0.2, 0.25) is 0 Å². The highest BCUT2D eigenvalue weighted by atomic mass is 32.2. The molecular weight excluding hydrogens is 346 g/mol. The maximum absolute atomic E-state index is 12.3. The summed E-state index contributed by atoms with van der Waals surface area (Å²) < 4.78 is 5.15. The van der Waals surface area contributed by atoms with Crippen LogP contribution < -0.4 is 10.1 Å². The number of hydrogen-bond donors (Lipinski definition) is 1. The summed E-state index contributed by atoms with van der Waals surface area (Å²) in [5.41, 5.74) is 1.37. The van der Waals surface area contributed by atoms with Gasteiger partial charge < -0.3 is 10.1 Å². The number of ketones is 1. The molecule has 0 aliphatic carbocycles. The number of rotatable bonds is 7. The molecule has 2 rings (SSSR count). The number of benzene rings is 2. The van der Waals surface area contributed by atoms with Gasteiger partial charge in [0.2, 0.25) is 5.91 Å². The Balaban J connectivity index is 1.88. The molecule has 0 heterocycles. The predicted molar refractivity (Wildman–Crippen MR) is 107 cm³/mol. The van der Waals surface area contributed by atoms with Gasteiger partial charge in [-0.1, -0.05) is 32.9 Å². The molecule has 1 amide bonds. The Morgan fingerprint density at radius 1 is 1.08 bits per heavy atom. The molecule has 0 bridgehead atoms. The lowest BCUT2D eigenvalue weighted by atomic mass is 9.92. The number of methoxy groups -OCH3 is 1. The van der Waals surface area contributed by atoms with Gasteiger partial charge in [-0.2, -0.15) is 0 Å². The van der Waals surface area contributed by atoms with Gasteiger partial charge in [0.15, 0.2) is 5.78 Å². The van der Waals surface area contributed by atoms with Gasteiger partial charge in [0, 0.05) is 22.6 Å². The van der Waals surface area contributed by atoms with E-state index in [4.69, 9.17) is 4.74 Å². The van der Waals surface area contributed by atoms with Crippen LogP contribution >= 0.6 is 11.8 Å². The highest BCUT2D eigenvalue weighted by Crippen LogP contribution is 2.24. The molecule has 0 aliphatic rings. The van der Waals surface area contributed by atoms with Crippen LogP contribution in [-0.2, 0) is 4.79 Å². The molecule has 4 nitrogen and oxygen atoms in total. The number of hydrogen-bond acceptors (Lipinski definition) is 4. The summed E-state index contributed by atoms with van der Waals surface area (Å²) in [6.07, 6.45) is 0.471. The molecule has 138 valence electrons. The number of anilines is 1. The van der Waals surface area contributed by atoms with Crippen LogP contribution in [0.25, 0.3) is 0 Å². The van der Waals surface area contributed by atoms with Gasteiger partial charge in [0.05, 0.1) is 12.9 Å². The van der Waals surface area contributed by atoms with Crippen molar-refractivity contribution in [2.24, 2.45) is 5.41 Å². The highest BCUT2D eigenvalue weighted by molar-refractivity contribution is 8.00. The van der Waals surface area contributed by atoms with Gasteiger partial charge in [-0.15, -0.1) is 11.8 Å². The first-order chi connectivity index (χ1) is 12.3. The Labute approximate surface area is 159 Å². The topological polar surface area (TPSA) is 55.4 Å². The van der Waals surface area contributed by atoms with Crippen molar-refractivity contribution in [3.63, 3.8) is 0 Å². The lowest BCUT2D eigenvalue weighted by Crippen LogP contribution is -2.19. The summed E-state index contributed by atoms with van der Waals surface area (Å²) in [4.78, 5) is 25.2. The molecule has 0 aliphatic heterocycles. The van der Waals surface area contributed by atoms with Crippen LogP contribution in [0, 0.1) is 5.41 Å². The summed E-state index contributed by atoms with van der Waals surface area (Å²) in [7, 11) is 1.58. The largest absolute Gasteiger partial charge is 0.497 e. The molecule has 26 heavy (non-hydrogen) atoms. The standard InChI is InChI=1S/C21H25NO3S/c1-21(2,3)13-20(24)22-16-8-10-18(11-9-16)26-14-19(23)15-6-5-7-17(12-15)25-4/h5-12H,13-14H2,1-4H3,(H,22,24). The van der Waals surface area contributed by atoms with Crippen LogP contribution in [0.15, 0.2) is 53.4 Å². The van der Waals surface area contributed by atoms with E-state index in [1.54, 1.807) is 19.2 Å². The number of carbonyl (C=O) groups excluding carboxylic acids is 2. The van der Waals surface area contributed by atoms with Crippen molar-refractivity contribution in [3.05, 3.63) is 54.1 Å². The van der Waals surface area contributed by atoms with Gasteiger partial charge in [-0.3, -0.25) is 9.59 Å². The first-order valence-corrected chi connectivity index (χ1v) is 9.45. The van der Waals surface area contributed by atoms with E-state index in [2.05, 4.69) is 5.32 Å². The fourth-order valence-electron chi connectivity index (χ4n) is 2.35. The van der Waals surface area contributed by atoms with E-state index in [1.807, 2.05) is 57.2 Å². The third kappa shape index (κ3) is 6.56. The average molecular weight is 372 g/mol. The molecular formula is C21H25NO3S. The number of ether oxygens (including phenoxy) is 1. The van der Waals surface area contributed by atoms with Crippen molar-refractivity contribution in [1.82, 2.24) is 0 Å². The molecule has 5 heteroatoms. The van der Waals surface area contributed by atoms with Crippen molar-refractivity contribution in [2.45, 2.75) is 32.1 Å². The second-order valence-electron chi connectivity index (χ2n) is 7.25. The third-order valence-corrected chi connectivity index (χ3v) is 4.60. The van der Waals surface area contributed by atoms with Gasteiger partial charge in [-0.25, -0.2) is 0 Å². The molecule has 2 aromatic rings. The van der Waals surface area contributed by atoms with E-state index in [-0.39, 0.29) is 17.1 Å². The summed E-state index contributed by atoms with van der Waals surface area (Å²) >= 11 is 1.47. The molecule has 0 saturated heterocycles. The summed E-state index contributed by atoms with van der Waals surface area (Å²) in [6, 6.07) is 14.7. The monoisotopic (exact) mass is 371 g/mol. The summed E-state index contributed by atoms with van der Waals surface area (Å²) in [5, 5.41) is 2.90. The van der Waals surface area contributed by atoms with E-state index in [1.165, 1.54) is 11.8 Å². The number of carbonyl (C=O) groups is 2. The van der Waals surface area contributed by atoms with Gasteiger partial charge in [0.25, 0.3) is 0 Å². The van der Waals surface area contributed by atoms with Crippen LogP contribution in [0.1, 0.15) is 37.6 Å². The van der Waals surface area contributed by atoms with Crippen molar-refractivity contribution in [2.75, 3.05) is 18.2 Å². The highest BCUT2D eigenvalue weighted by Gasteiger charge is 2.16. The van der Waals surface area contributed by atoms with Gasteiger partial charge in [-0.05, 0) is 41.8 Å². The Morgan fingerprint density at radius 3 is 2.38 bits per heavy atom. The summed E-state index contributed by atoms with van der Waals surface area (Å²) in [6.45, 7) is 6.10. The minimum absolute atomic E-state index is 0.00565. The fraction of sp³-hybridized carbons (Fsp3) is 0.333. The molecule has 0 aromatic heterocycles. The first kappa shape index (κ1) is 20.0. The van der Waals surface area contributed by atoms with Crippen molar-refractivity contribution in [3.8, 4) is 5.75 Å². The lowest BCUT2D eigenvalue weighted by Gasteiger charge is -2.17. The van der Waals surface area contributed by atoms with Crippen molar-refractivity contribution < 1.29 is 14.3 Å². The Morgan fingerprint density at radius 2 is 1.77 bits per heavy atom. The summed E-state index contributed by atoms with van der Waals surface area (Å²) in [5.74, 6) is 1.09. The van der Waals surface area contributed by atoms with Crippen LogP contribution in [0.3, 0.4) is 0 Å². The third-order valence-electron chi connectivity index (χ3n) is 3.59. The second-order valence-corrected chi connectivity index (χ2v) is 8.30. The van der Waals surface area contributed by atoms with Crippen molar-refractivity contribution in [1.29, 1.82) is 0 Å². The molecule has 0 atom stereocenters. The van der Waals surface area contributed by atoms with E-state index < -0.39 is 0 Å². The number of Topliss-reactive ketones (excluding diaryl/α,β-unsaturated/α-hetero) is 1. The number of thioether (sulfide) groups is 1. The van der Waals surface area contributed by atoms with E-state index in [0.29, 0.717) is 23.5 Å². The van der Waals surface area contributed by atoms with E-state index in [9.17, 15) is 9.59 Å². The quantitative estimate of drug-likeness (QED) is 0.547. The Kier molecular flexibility index (Phi) is 6.86. The first-order valence-electron chi connectivity index (χ1n) is 8.47. The molecule has 0 spiro atoms. The zero-order valence-corrected chi connectivity index (χ0v) is 16.5. The van der Waals surface area contributed by atoms with E-state index in [0.717, 1.165) is 10.6 Å². The molecule has 1 N–H and O–H groups in total. The minimum Gasteiger partial charge on any atom is -0.497 e. The van der Waals surface area contributed by atoms with Gasteiger partial charge in [0.1, 0.15) is 5.75 Å². The predicted octanol–water partition coefficient (Wildman–Crippen LogP) is 5.04. The van der Waals surface area contributed by atoms with E-state index >= 15 is 0 Å². The number of nitrogens with one attached hydrogen (secondary N) is 1. The maximum atomic E-state index is 12.3. The molecule has 0 radical (unpaired) electrons. The smallest absolute Gasteiger partial charge is 0.224 e. The zero-order chi connectivity index (χ0) is 19.2. The average Bonchev–Trinajstić information content (AvgIpc) is 2.59. The minimum atomic E-state index is -0.0413. The van der Waals surface area contributed by atoms with Gasteiger partial charge >= 0.3 is 0 Å². The van der Waals surface area contributed by atoms with Crippen LogP contribution in [0.5, 0.6) is 5.75 Å². The Bertz CT molecular complexity index is 764. The molecule has 0 unspecified atom stereocenters. The van der Waals surface area contributed by atoms with Crippen LogP contribution in [0.4, 0.5) is 5.69 Å². The van der Waals surface area contributed by atoms with Crippen LogP contribution in [-0.4, -0.2) is 24.6 Å². The zero-order valence-electron chi connectivity index (χ0n) is 15.7. The number of amides is 1. The second kappa shape index (κ2) is 8.90.